The monoisotopic (exact) mass is 222 g/mol. The number of ether oxygens (including phenoxy) is 2. The summed E-state index contributed by atoms with van der Waals surface area (Å²) >= 11 is 0. The van der Waals surface area contributed by atoms with Crippen LogP contribution in [0, 0.1) is 5.92 Å². The van der Waals surface area contributed by atoms with Crippen LogP contribution >= 0.6 is 0 Å². The van der Waals surface area contributed by atoms with Crippen molar-refractivity contribution in [1.29, 1.82) is 0 Å². The van der Waals surface area contributed by atoms with Crippen molar-refractivity contribution in [1.82, 2.24) is 0 Å². The molecule has 0 spiro atoms. The lowest BCUT2D eigenvalue weighted by atomic mass is 10.2. The van der Waals surface area contributed by atoms with E-state index in [-0.39, 0.29) is 0 Å². The zero-order valence-corrected chi connectivity index (χ0v) is 9.97. The van der Waals surface area contributed by atoms with Crippen LogP contribution in [0.25, 0.3) is 0 Å². The molecule has 1 fully saturated rings. The predicted molar refractivity (Wildman–Crippen MR) is 63.0 cm³/mol. The number of carbonyl (C=O) groups excluding carboxylic acids is 1. The number of benzene rings is 1. The van der Waals surface area contributed by atoms with Gasteiger partial charge in [0.2, 0.25) is 0 Å². The lowest BCUT2D eigenvalue weighted by Gasteiger charge is -1.99. The summed E-state index contributed by atoms with van der Waals surface area (Å²) in [6, 6.07) is 7.09. The Morgan fingerprint density at radius 1 is 1.44 bits per heavy atom. The van der Waals surface area contributed by atoms with E-state index in [1.54, 1.807) is 25.3 Å². The topological polar surface area (TPSA) is 38.8 Å². The molecule has 0 bridgehead atoms. The minimum atomic E-state index is 0.588. The second-order valence-electron chi connectivity index (χ2n) is 3.98. The van der Waals surface area contributed by atoms with Crippen molar-refractivity contribution < 1.29 is 14.3 Å². The highest BCUT2D eigenvalue weighted by molar-refractivity contribution is 5.79. The van der Waals surface area contributed by atoms with Crippen LogP contribution in [0.5, 0.6) is 5.75 Å². The van der Waals surface area contributed by atoms with Crippen LogP contribution in [-0.2, 0) is 4.74 Å². The highest BCUT2D eigenvalue weighted by atomic mass is 16.6. The zero-order chi connectivity index (χ0) is 12.0. The maximum atomic E-state index is 10.3. The van der Waals surface area contributed by atoms with Gasteiger partial charge in [-0.15, -0.1) is 0 Å². The number of hydrogen-bond acceptors (Lipinski definition) is 3. The second kappa shape index (κ2) is 6.28. The van der Waals surface area contributed by atoms with Crippen LogP contribution in [-0.4, -0.2) is 26.1 Å². The van der Waals surface area contributed by atoms with E-state index in [0.29, 0.717) is 17.4 Å². The van der Waals surface area contributed by atoms with Crippen LogP contribution in [0.4, 0.5) is 0 Å². The van der Waals surface area contributed by atoms with Crippen molar-refractivity contribution >= 4 is 6.29 Å². The molecule has 1 atom stereocenters. The molecule has 0 radical (unpaired) electrons. The van der Waals surface area contributed by atoms with Gasteiger partial charge in [0.15, 0.2) is 6.29 Å². The van der Waals surface area contributed by atoms with E-state index in [4.69, 9.17) is 9.47 Å². The Balaban J connectivity index is 0.000000181. The molecule has 1 unspecified atom stereocenters. The van der Waals surface area contributed by atoms with Gasteiger partial charge in [-0.05, 0) is 18.1 Å². The largest absolute Gasteiger partial charge is 0.496 e. The van der Waals surface area contributed by atoms with Crippen molar-refractivity contribution in [2.45, 2.75) is 20.0 Å². The average molecular weight is 222 g/mol. The third-order valence-electron chi connectivity index (χ3n) is 2.37. The van der Waals surface area contributed by atoms with Crippen LogP contribution in [0.3, 0.4) is 0 Å². The molecule has 1 aromatic carbocycles. The first-order valence-corrected chi connectivity index (χ1v) is 5.38. The summed E-state index contributed by atoms with van der Waals surface area (Å²) in [7, 11) is 1.54. The fraction of sp³-hybridized carbons (Fsp3) is 0.462. The molecule has 0 amide bonds. The quantitative estimate of drug-likeness (QED) is 0.582. The van der Waals surface area contributed by atoms with Crippen molar-refractivity contribution in [3.05, 3.63) is 29.8 Å². The molecule has 0 aromatic heterocycles. The molecule has 3 nitrogen and oxygen atoms in total. The number of para-hydroxylation sites is 1. The average Bonchev–Trinajstić information content (AvgIpc) is 3.13. The number of aldehydes is 1. The van der Waals surface area contributed by atoms with Crippen LogP contribution in [0.2, 0.25) is 0 Å². The first-order chi connectivity index (χ1) is 7.69. The van der Waals surface area contributed by atoms with E-state index >= 15 is 0 Å². The Bertz CT molecular complexity index is 330. The zero-order valence-electron chi connectivity index (χ0n) is 9.97. The fourth-order valence-electron chi connectivity index (χ4n) is 1.20. The van der Waals surface area contributed by atoms with Gasteiger partial charge < -0.3 is 9.47 Å². The van der Waals surface area contributed by atoms with Gasteiger partial charge in [-0.1, -0.05) is 26.0 Å². The summed E-state index contributed by atoms with van der Waals surface area (Å²) in [5, 5.41) is 0. The van der Waals surface area contributed by atoms with E-state index in [1.807, 2.05) is 6.07 Å². The molecule has 1 saturated heterocycles. The molecule has 0 saturated carbocycles. The Morgan fingerprint density at radius 2 is 2.06 bits per heavy atom. The summed E-state index contributed by atoms with van der Waals surface area (Å²) in [5.41, 5.74) is 0.588. The van der Waals surface area contributed by atoms with Gasteiger partial charge in [0.1, 0.15) is 5.75 Å². The Labute approximate surface area is 96.4 Å². The summed E-state index contributed by atoms with van der Waals surface area (Å²) in [4.78, 5) is 10.3. The molecule has 88 valence electrons. The molecule has 0 aliphatic carbocycles. The first kappa shape index (κ1) is 12.7. The standard InChI is InChI=1S/C8H8O2.C5H10O/c1-10-8-5-3-2-4-7(8)6-9;1-4(2)5-3-6-5/h2-6H,1H3;4-5H,3H2,1-2H3. The van der Waals surface area contributed by atoms with Gasteiger partial charge in [0.05, 0.1) is 25.4 Å². The predicted octanol–water partition coefficient (Wildman–Crippen LogP) is 2.55. The van der Waals surface area contributed by atoms with E-state index < -0.39 is 0 Å². The van der Waals surface area contributed by atoms with Gasteiger partial charge in [0, 0.05) is 0 Å². The summed E-state index contributed by atoms with van der Waals surface area (Å²) < 4.78 is 9.87. The molecular weight excluding hydrogens is 204 g/mol. The Hall–Kier alpha value is -1.35. The Kier molecular flexibility index (Phi) is 4.99. The van der Waals surface area contributed by atoms with Crippen molar-refractivity contribution in [3.8, 4) is 5.75 Å². The molecule has 3 heteroatoms. The minimum absolute atomic E-state index is 0.588. The third kappa shape index (κ3) is 4.03. The van der Waals surface area contributed by atoms with Crippen LogP contribution < -0.4 is 4.74 Å². The maximum absolute atomic E-state index is 10.3. The number of methoxy groups -OCH3 is 1. The lowest BCUT2D eigenvalue weighted by Crippen LogP contribution is -1.94. The van der Waals surface area contributed by atoms with E-state index in [9.17, 15) is 4.79 Å². The lowest BCUT2D eigenvalue weighted by molar-refractivity contribution is 0.112. The van der Waals surface area contributed by atoms with Crippen molar-refractivity contribution in [3.63, 3.8) is 0 Å². The van der Waals surface area contributed by atoms with Crippen molar-refractivity contribution in [2.24, 2.45) is 5.92 Å². The van der Waals surface area contributed by atoms with Gasteiger partial charge in [0.25, 0.3) is 0 Å². The molecule has 1 aliphatic rings. The number of carbonyl (C=O) groups is 1. The molecular formula is C13H18O3. The Morgan fingerprint density at radius 3 is 2.38 bits per heavy atom. The molecule has 1 aromatic rings. The number of epoxide rings is 1. The maximum Gasteiger partial charge on any atom is 0.153 e. The minimum Gasteiger partial charge on any atom is -0.496 e. The summed E-state index contributed by atoms with van der Waals surface area (Å²) in [6.45, 7) is 5.35. The van der Waals surface area contributed by atoms with Crippen LogP contribution in [0.15, 0.2) is 24.3 Å². The van der Waals surface area contributed by atoms with E-state index in [2.05, 4.69) is 13.8 Å². The highest BCUT2D eigenvalue weighted by Crippen LogP contribution is 2.17. The van der Waals surface area contributed by atoms with Gasteiger partial charge >= 0.3 is 0 Å². The number of hydrogen-bond donors (Lipinski definition) is 0. The van der Waals surface area contributed by atoms with Gasteiger partial charge in [-0.25, -0.2) is 0 Å². The van der Waals surface area contributed by atoms with Crippen LogP contribution in [0.1, 0.15) is 24.2 Å². The van der Waals surface area contributed by atoms with Crippen molar-refractivity contribution in [2.75, 3.05) is 13.7 Å². The molecule has 0 N–H and O–H groups in total. The highest BCUT2D eigenvalue weighted by Gasteiger charge is 2.25. The molecule has 1 heterocycles. The fourth-order valence-corrected chi connectivity index (χ4v) is 1.20. The molecule has 2 rings (SSSR count). The summed E-state index contributed by atoms with van der Waals surface area (Å²) in [6.07, 6.45) is 1.38. The smallest absolute Gasteiger partial charge is 0.153 e. The molecule has 16 heavy (non-hydrogen) atoms. The molecule has 1 aliphatic heterocycles. The number of rotatable bonds is 3. The normalized spacial score (nSPS) is 17.4. The van der Waals surface area contributed by atoms with Gasteiger partial charge in [-0.3, -0.25) is 4.79 Å². The third-order valence-corrected chi connectivity index (χ3v) is 2.37. The SMILES string of the molecule is CC(C)C1CO1.COc1ccccc1C=O. The van der Waals surface area contributed by atoms with E-state index in [0.717, 1.165) is 18.8 Å². The summed E-state index contributed by atoms with van der Waals surface area (Å²) in [5.74, 6) is 1.36. The van der Waals surface area contributed by atoms with E-state index in [1.165, 1.54) is 0 Å². The van der Waals surface area contributed by atoms with Gasteiger partial charge in [-0.2, -0.15) is 0 Å². The second-order valence-corrected chi connectivity index (χ2v) is 3.98. The first-order valence-electron chi connectivity index (χ1n) is 5.38.